The minimum absolute atomic E-state index is 0.0651. The Bertz CT molecular complexity index is 666. The van der Waals surface area contributed by atoms with Crippen molar-refractivity contribution in [2.24, 2.45) is 0 Å². The van der Waals surface area contributed by atoms with Gasteiger partial charge in [-0.05, 0) is 24.5 Å². The minimum atomic E-state index is -0.0651. The number of carbonyl (C=O) groups is 1. The Kier molecular flexibility index (Phi) is 6.81. The molecule has 0 aromatic heterocycles. The van der Waals surface area contributed by atoms with Crippen molar-refractivity contribution < 1.29 is 4.79 Å². The fraction of sp³-hybridized carbons (Fsp3) is 0.409. The molecule has 3 rings (SSSR count). The third-order valence-corrected chi connectivity index (χ3v) is 5.14. The maximum atomic E-state index is 12.4. The first-order valence-electron chi connectivity index (χ1n) is 9.54. The molecule has 1 aliphatic heterocycles. The van der Waals surface area contributed by atoms with Crippen molar-refractivity contribution >= 4 is 5.91 Å². The van der Waals surface area contributed by atoms with Gasteiger partial charge in [-0.2, -0.15) is 0 Å². The van der Waals surface area contributed by atoms with Crippen LogP contribution >= 0.6 is 0 Å². The Morgan fingerprint density at radius 1 is 0.923 bits per heavy atom. The predicted molar refractivity (Wildman–Crippen MR) is 106 cm³/mol. The van der Waals surface area contributed by atoms with Crippen molar-refractivity contribution in [1.29, 1.82) is 0 Å². The Labute approximate surface area is 156 Å². The lowest BCUT2D eigenvalue weighted by Gasteiger charge is -2.37. The summed E-state index contributed by atoms with van der Waals surface area (Å²) >= 11 is 0. The highest BCUT2D eigenvalue weighted by Gasteiger charge is 2.25. The quantitative estimate of drug-likeness (QED) is 0.833. The molecule has 1 N–H and O–H groups in total. The highest BCUT2D eigenvalue weighted by Crippen LogP contribution is 2.10. The first kappa shape index (κ1) is 18.6. The Balaban J connectivity index is 1.38. The van der Waals surface area contributed by atoms with Gasteiger partial charge >= 0.3 is 0 Å². The van der Waals surface area contributed by atoms with Crippen molar-refractivity contribution in [2.75, 3.05) is 32.7 Å². The van der Waals surface area contributed by atoms with Crippen LogP contribution in [0.1, 0.15) is 18.1 Å². The summed E-state index contributed by atoms with van der Waals surface area (Å²) < 4.78 is 0. The van der Waals surface area contributed by atoms with Crippen molar-refractivity contribution in [3.8, 4) is 0 Å². The Morgan fingerprint density at radius 3 is 2.12 bits per heavy atom. The topological polar surface area (TPSA) is 35.6 Å². The van der Waals surface area contributed by atoms with Crippen LogP contribution in [-0.4, -0.2) is 54.5 Å². The molecule has 1 unspecified atom stereocenters. The molecule has 1 saturated heterocycles. The monoisotopic (exact) mass is 351 g/mol. The molecule has 2 aromatic carbocycles. The second-order valence-electron chi connectivity index (χ2n) is 7.00. The van der Waals surface area contributed by atoms with Crippen LogP contribution in [0.5, 0.6) is 0 Å². The summed E-state index contributed by atoms with van der Waals surface area (Å²) in [5.74, 6) is 0.137. The van der Waals surface area contributed by atoms with Gasteiger partial charge in [0, 0.05) is 39.3 Å². The molecule has 1 amide bonds. The molecule has 0 bridgehead atoms. The van der Waals surface area contributed by atoms with Crippen LogP contribution in [-0.2, 0) is 17.8 Å². The van der Waals surface area contributed by atoms with Crippen molar-refractivity contribution in [3.63, 3.8) is 0 Å². The second kappa shape index (κ2) is 9.51. The molecule has 0 spiro atoms. The van der Waals surface area contributed by atoms with Crippen LogP contribution in [0, 0.1) is 0 Å². The van der Waals surface area contributed by atoms with E-state index in [0.29, 0.717) is 6.54 Å². The zero-order chi connectivity index (χ0) is 18.2. The van der Waals surface area contributed by atoms with Crippen molar-refractivity contribution in [2.45, 2.75) is 25.9 Å². The number of nitrogens with one attached hydrogen (secondary N) is 1. The lowest BCUT2D eigenvalue weighted by atomic mass is 10.1. The molecule has 1 fully saturated rings. The van der Waals surface area contributed by atoms with Gasteiger partial charge in [0.15, 0.2) is 0 Å². The van der Waals surface area contributed by atoms with Gasteiger partial charge in [-0.25, -0.2) is 0 Å². The fourth-order valence-corrected chi connectivity index (χ4v) is 3.44. The molecule has 4 nitrogen and oxygen atoms in total. The summed E-state index contributed by atoms with van der Waals surface area (Å²) in [6, 6.07) is 20.8. The van der Waals surface area contributed by atoms with Crippen LogP contribution in [0.15, 0.2) is 60.7 Å². The molecule has 26 heavy (non-hydrogen) atoms. The average molecular weight is 351 g/mol. The standard InChI is InChI=1S/C22H29N3O/c1-19(22(26)23-13-12-20-8-4-2-5-9-20)25-16-14-24(15-17-25)18-21-10-6-3-7-11-21/h2-11,19H,12-18H2,1H3,(H,23,26). The van der Waals surface area contributed by atoms with E-state index in [4.69, 9.17) is 0 Å². The summed E-state index contributed by atoms with van der Waals surface area (Å²) in [6.45, 7) is 7.62. The first-order chi connectivity index (χ1) is 12.7. The van der Waals surface area contributed by atoms with E-state index in [1.807, 2.05) is 25.1 Å². The molecule has 1 aliphatic rings. The molecule has 0 saturated carbocycles. The summed E-state index contributed by atoms with van der Waals surface area (Å²) in [5, 5.41) is 3.09. The molecule has 2 aromatic rings. The second-order valence-corrected chi connectivity index (χ2v) is 7.00. The van der Waals surface area contributed by atoms with Gasteiger partial charge in [0.25, 0.3) is 0 Å². The molecule has 1 atom stereocenters. The summed E-state index contributed by atoms with van der Waals surface area (Å²) in [7, 11) is 0. The molecule has 4 heteroatoms. The number of piperazine rings is 1. The van der Waals surface area contributed by atoms with Crippen LogP contribution in [0.4, 0.5) is 0 Å². The van der Waals surface area contributed by atoms with E-state index >= 15 is 0 Å². The summed E-state index contributed by atoms with van der Waals surface area (Å²) in [6.07, 6.45) is 0.879. The number of hydrogen-bond donors (Lipinski definition) is 1. The molecule has 1 heterocycles. The van der Waals surface area contributed by atoms with Crippen LogP contribution in [0.3, 0.4) is 0 Å². The molecule has 0 radical (unpaired) electrons. The first-order valence-corrected chi connectivity index (χ1v) is 9.54. The minimum Gasteiger partial charge on any atom is -0.354 e. The third kappa shape index (κ3) is 5.41. The molecular weight excluding hydrogens is 322 g/mol. The lowest BCUT2D eigenvalue weighted by molar-refractivity contribution is -0.126. The van der Waals surface area contributed by atoms with Crippen molar-refractivity contribution in [1.82, 2.24) is 15.1 Å². The van der Waals surface area contributed by atoms with Gasteiger partial charge in [-0.3, -0.25) is 14.6 Å². The van der Waals surface area contributed by atoms with E-state index in [2.05, 4.69) is 57.6 Å². The highest BCUT2D eigenvalue weighted by molar-refractivity contribution is 5.81. The number of nitrogens with zero attached hydrogens (tertiary/aromatic N) is 2. The zero-order valence-corrected chi connectivity index (χ0v) is 15.6. The van der Waals surface area contributed by atoms with Crippen molar-refractivity contribution in [3.05, 3.63) is 71.8 Å². The maximum Gasteiger partial charge on any atom is 0.237 e. The molecule has 138 valence electrons. The van der Waals surface area contributed by atoms with E-state index in [-0.39, 0.29) is 11.9 Å². The molecule has 0 aliphatic carbocycles. The normalized spacial score (nSPS) is 17.0. The largest absolute Gasteiger partial charge is 0.354 e. The lowest BCUT2D eigenvalue weighted by Crippen LogP contribution is -2.53. The van der Waals surface area contributed by atoms with E-state index < -0.39 is 0 Å². The smallest absolute Gasteiger partial charge is 0.237 e. The number of amides is 1. The summed E-state index contributed by atoms with van der Waals surface area (Å²) in [4.78, 5) is 17.2. The maximum absolute atomic E-state index is 12.4. The molecular formula is C22H29N3O. The SMILES string of the molecule is CC(C(=O)NCCc1ccccc1)N1CCN(Cc2ccccc2)CC1. The third-order valence-electron chi connectivity index (χ3n) is 5.14. The average Bonchev–Trinajstić information content (AvgIpc) is 2.69. The summed E-state index contributed by atoms with van der Waals surface area (Å²) in [5.41, 5.74) is 2.61. The zero-order valence-electron chi connectivity index (χ0n) is 15.6. The number of hydrogen-bond acceptors (Lipinski definition) is 3. The highest BCUT2D eigenvalue weighted by atomic mass is 16.2. The van der Waals surface area contributed by atoms with E-state index in [0.717, 1.165) is 39.1 Å². The van der Waals surface area contributed by atoms with Crippen LogP contribution in [0.25, 0.3) is 0 Å². The Hall–Kier alpha value is -2.17. The number of carbonyl (C=O) groups excluding carboxylic acids is 1. The van der Waals surface area contributed by atoms with Crippen LogP contribution in [0.2, 0.25) is 0 Å². The van der Waals surface area contributed by atoms with E-state index in [1.54, 1.807) is 0 Å². The number of rotatable bonds is 7. The van der Waals surface area contributed by atoms with Gasteiger partial charge < -0.3 is 5.32 Å². The van der Waals surface area contributed by atoms with Gasteiger partial charge in [0.05, 0.1) is 6.04 Å². The van der Waals surface area contributed by atoms with Gasteiger partial charge in [0.2, 0.25) is 5.91 Å². The fourth-order valence-electron chi connectivity index (χ4n) is 3.44. The van der Waals surface area contributed by atoms with E-state index in [1.165, 1.54) is 11.1 Å². The van der Waals surface area contributed by atoms with Crippen LogP contribution < -0.4 is 5.32 Å². The van der Waals surface area contributed by atoms with E-state index in [9.17, 15) is 4.79 Å². The number of benzene rings is 2. The van der Waals surface area contributed by atoms with Gasteiger partial charge in [-0.1, -0.05) is 60.7 Å². The van der Waals surface area contributed by atoms with Gasteiger partial charge in [-0.15, -0.1) is 0 Å². The van der Waals surface area contributed by atoms with Gasteiger partial charge in [0.1, 0.15) is 0 Å². The predicted octanol–water partition coefficient (Wildman–Crippen LogP) is 2.55. The Morgan fingerprint density at radius 2 is 1.50 bits per heavy atom.